The zero-order chi connectivity index (χ0) is 37.9. The Balaban J connectivity index is 0.000000281. The number of carbonyl (C=O) groups excluding carboxylic acids is 2. The minimum atomic E-state index is -4.84. The third kappa shape index (κ3) is 11.9. The highest BCUT2D eigenvalue weighted by molar-refractivity contribution is 6.05. The molecule has 0 saturated carbocycles. The Morgan fingerprint density at radius 1 is 0.843 bits per heavy atom. The summed E-state index contributed by atoms with van der Waals surface area (Å²) in [6.45, 7) is 3.49. The second kappa shape index (κ2) is 16.8. The van der Waals surface area contributed by atoms with Crippen LogP contribution in [0.2, 0.25) is 0 Å². The lowest BCUT2D eigenvalue weighted by atomic mass is 9.95. The highest BCUT2D eigenvalue weighted by Crippen LogP contribution is 2.38. The monoisotopic (exact) mass is 716 g/mol. The van der Waals surface area contributed by atoms with Crippen LogP contribution in [0.1, 0.15) is 40.1 Å². The van der Waals surface area contributed by atoms with Crippen LogP contribution in [-0.2, 0) is 6.42 Å². The molecule has 0 heterocycles. The number of carbonyl (C=O) groups is 3. The molecular weight excluding hydrogens is 684 g/mol. The molecule has 13 nitrogen and oxygen atoms in total. The van der Waals surface area contributed by atoms with Gasteiger partial charge in [-0.2, -0.15) is 0 Å². The number of hydrogen-bond donors (Lipinski definition) is 4. The molecule has 51 heavy (non-hydrogen) atoms. The fourth-order valence-electron chi connectivity index (χ4n) is 4.54. The third-order valence-corrected chi connectivity index (χ3v) is 6.70. The molecule has 3 amide bonds. The number of hydrogen-bond acceptors (Lipinski definition) is 8. The number of anilines is 2. The SMILES string of the molecule is CC(C)(Cc1ccc(NC(=O)c2cccc(OC(F)(F)F)c2)cc1)NC(=O)O.COc1cc([N+](=O)[O-])c(OC)cc1NC(=O)c1ccccc1F. The highest BCUT2D eigenvalue weighted by atomic mass is 19.4. The maximum atomic E-state index is 13.6. The number of methoxy groups -OCH3 is 2. The summed E-state index contributed by atoms with van der Waals surface area (Å²) in [6, 6.07) is 19.3. The number of ether oxygens (including phenoxy) is 3. The highest BCUT2D eigenvalue weighted by Gasteiger charge is 2.31. The van der Waals surface area contributed by atoms with Crippen molar-refractivity contribution < 1.29 is 56.2 Å². The maximum Gasteiger partial charge on any atom is 0.573 e. The number of amides is 3. The molecule has 0 aliphatic rings. The van der Waals surface area contributed by atoms with E-state index in [0.29, 0.717) is 12.1 Å². The third-order valence-electron chi connectivity index (χ3n) is 6.70. The summed E-state index contributed by atoms with van der Waals surface area (Å²) < 4.78 is 64.3. The number of nitro benzene ring substituents is 1. The molecule has 0 spiro atoms. The van der Waals surface area contributed by atoms with Crippen LogP contribution in [0.4, 0.5) is 39.4 Å². The number of halogens is 4. The molecule has 0 unspecified atom stereocenters. The van der Waals surface area contributed by atoms with Crippen LogP contribution in [0.15, 0.2) is 84.9 Å². The lowest BCUT2D eigenvalue weighted by Gasteiger charge is -2.24. The Bertz CT molecular complexity index is 1880. The van der Waals surface area contributed by atoms with E-state index in [-0.39, 0.29) is 34.0 Å². The molecule has 0 aromatic heterocycles. The summed E-state index contributed by atoms with van der Waals surface area (Å²) in [5, 5.41) is 27.3. The van der Waals surface area contributed by atoms with Gasteiger partial charge in [-0.1, -0.05) is 30.3 Å². The van der Waals surface area contributed by atoms with E-state index in [1.54, 1.807) is 38.1 Å². The molecule has 4 rings (SSSR count). The normalized spacial score (nSPS) is 10.9. The molecule has 4 aromatic carbocycles. The van der Waals surface area contributed by atoms with Crippen molar-refractivity contribution >= 4 is 35.0 Å². The largest absolute Gasteiger partial charge is 0.573 e. The molecule has 0 bridgehead atoms. The number of nitrogens with zero attached hydrogens (tertiary/aromatic N) is 1. The number of nitro groups is 1. The summed E-state index contributed by atoms with van der Waals surface area (Å²) in [5.74, 6) is -2.46. The van der Waals surface area contributed by atoms with Gasteiger partial charge in [0.2, 0.25) is 0 Å². The van der Waals surface area contributed by atoms with Crippen LogP contribution < -0.4 is 30.2 Å². The standard InChI is InChI=1S/C19H19F3N2O4.C15H13FN2O5/c1-18(2,24-17(26)27)11-12-6-8-14(9-7-12)23-16(25)13-4-3-5-15(10-13)28-19(20,21)22;1-22-13-8-12(18(20)21)14(23-2)7-11(13)17-15(19)9-5-3-4-6-10(9)16/h3-10,24H,11H2,1-2H3,(H,23,25)(H,26,27);3-8H,1-2H3,(H,17,19). The zero-order valence-electron chi connectivity index (χ0n) is 27.5. The maximum absolute atomic E-state index is 13.6. The summed E-state index contributed by atoms with van der Waals surface area (Å²) in [6.07, 6.45) is -5.52. The molecule has 270 valence electrons. The van der Waals surface area contributed by atoms with E-state index in [1.807, 2.05) is 0 Å². The van der Waals surface area contributed by atoms with E-state index >= 15 is 0 Å². The summed E-state index contributed by atoms with van der Waals surface area (Å²) in [4.78, 5) is 45.5. The molecule has 0 saturated heterocycles. The van der Waals surface area contributed by atoms with E-state index in [0.717, 1.165) is 29.8 Å². The zero-order valence-corrected chi connectivity index (χ0v) is 27.5. The molecule has 0 aliphatic carbocycles. The predicted octanol–water partition coefficient (Wildman–Crippen LogP) is 7.43. The first-order valence-corrected chi connectivity index (χ1v) is 14.6. The summed E-state index contributed by atoms with van der Waals surface area (Å²) >= 11 is 0. The molecule has 0 radical (unpaired) electrons. The van der Waals surface area contributed by atoms with Crippen molar-refractivity contribution in [1.29, 1.82) is 0 Å². The number of alkyl halides is 3. The van der Waals surface area contributed by atoms with Gasteiger partial charge < -0.3 is 35.3 Å². The molecule has 4 N–H and O–H groups in total. The Hall–Kier alpha value is -6.39. The second-order valence-electron chi connectivity index (χ2n) is 11.1. The van der Waals surface area contributed by atoms with Crippen molar-refractivity contribution in [3.8, 4) is 17.2 Å². The molecule has 17 heteroatoms. The lowest BCUT2D eigenvalue weighted by molar-refractivity contribution is -0.385. The first kappa shape index (κ1) is 39.1. The van der Waals surface area contributed by atoms with Crippen molar-refractivity contribution in [2.24, 2.45) is 0 Å². The van der Waals surface area contributed by atoms with Crippen LogP contribution in [0.3, 0.4) is 0 Å². The number of nitrogens with one attached hydrogen (secondary N) is 3. The fraction of sp³-hybridized carbons (Fsp3) is 0.206. The fourth-order valence-corrected chi connectivity index (χ4v) is 4.54. The minimum absolute atomic E-state index is 0.0117. The minimum Gasteiger partial charge on any atom is -0.494 e. The van der Waals surface area contributed by atoms with Crippen LogP contribution >= 0.6 is 0 Å². The molecule has 0 aliphatic heterocycles. The van der Waals surface area contributed by atoms with Gasteiger partial charge in [0.15, 0.2) is 5.75 Å². The molecule has 0 atom stereocenters. The van der Waals surface area contributed by atoms with Gasteiger partial charge in [0.1, 0.15) is 17.3 Å². The van der Waals surface area contributed by atoms with Crippen LogP contribution in [0.5, 0.6) is 17.2 Å². The van der Waals surface area contributed by atoms with E-state index in [9.17, 15) is 42.1 Å². The summed E-state index contributed by atoms with van der Waals surface area (Å²) in [5.41, 5.74) is 0.286. The van der Waals surface area contributed by atoms with Gasteiger partial charge >= 0.3 is 18.1 Å². The quantitative estimate of drug-likeness (QED) is 0.0698. The van der Waals surface area contributed by atoms with Crippen molar-refractivity contribution in [3.05, 3.63) is 118 Å². The second-order valence-corrected chi connectivity index (χ2v) is 11.1. The van der Waals surface area contributed by atoms with E-state index in [2.05, 4.69) is 20.7 Å². The topological polar surface area (TPSA) is 178 Å². The average molecular weight is 717 g/mol. The van der Waals surface area contributed by atoms with Gasteiger partial charge in [-0.05, 0) is 68.3 Å². The summed E-state index contributed by atoms with van der Waals surface area (Å²) in [7, 11) is 2.56. The van der Waals surface area contributed by atoms with E-state index in [4.69, 9.17) is 14.6 Å². The Labute approximate surface area is 288 Å². The Kier molecular flexibility index (Phi) is 12.9. The van der Waals surface area contributed by atoms with Gasteiger partial charge in [-0.25, -0.2) is 9.18 Å². The van der Waals surface area contributed by atoms with Gasteiger partial charge in [0, 0.05) is 22.9 Å². The van der Waals surface area contributed by atoms with E-state index in [1.165, 1.54) is 50.6 Å². The van der Waals surface area contributed by atoms with Crippen LogP contribution in [-0.4, -0.2) is 54.1 Å². The van der Waals surface area contributed by atoms with Gasteiger partial charge in [0.25, 0.3) is 11.8 Å². The number of benzene rings is 4. The Morgan fingerprint density at radius 2 is 1.49 bits per heavy atom. The Morgan fingerprint density at radius 3 is 2.06 bits per heavy atom. The molecule has 0 fully saturated rings. The predicted molar refractivity (Wildman–Crippen MR) is 177 cm³/mol. The van der Waals surface area contributed by atoms with Gasteiger partial charge in [0.05, 0.1) is 36.5 Å². The first-order chi connectivity index (χ1) is 23.9. The smallest absolute Gasteiger partial charge is 0.494 e. The molecular formula is C34H32F4N4O9. The van der Waals surface area contributed by atoms with Gasteiger partial charge in [-0.15, -0.1) is 13.2 Å². The van der Waals surface area contributed by atoms with Crippen molar-refractivity contribution in [3.63, 3.8) is 0 Å². The number of rotatable bonds is 11. The van der Waals surface area contributed by atoms with Crippen molar-refractivity contribution in [1.82, 2.24) is 5.32 Å². The first-order valence-electron chi connectivity index (χ1n) is 14.6. The van der Waals surface area contributed by atoms with Crippen molar-refractivity contribution in [2.45, 2.75) is 32.2 Å². The molecule has 4 aromatic rings. The average Bonchev–Trinajstić information content (AvgIpc) is 3.04. The number of carboxylic acid groups (broad SMARTS) is 1. The van der Waals surface area contributed by atoms with Crippen molar-refractivity contribution in [2.75, 3.05) is 24.9 Å². The van der Waals surface area contributed by atoms with E-state index < -0.39 is 46.3 Å². The van der Waals surface area contributed by atoms with Gasteiger partial charge in [-0.3, -0.25) is 19.7 Å². The van der Waals surface area contributed by atoms with Crippen LogP contribution in [0, 0.1) is 15.9 Å². The lowest BCUT2D eigenvalue weighted by Crippen LogP contribution is -2.44. The van der Waals surface area contributed by atoms with Crippen LogP contribution in [0.25, 0.3) is 0 Å².